The second-order valence-electron chi connectivity index (χ2n) is 6.81. The minimum atomic E-state index is -0.697. The number of hydrogen-bond acceptors (Lipinski definition) is 5. The lowest BCUT2D eigenvalue weighted by Crippen LogP contribution is -2.31. The zero-order valence-corrected chi connectivity index (χ0v) is 16.4. The Labute approximate surface area is 163 Å². The minimum absolute atomic E-state index is 0.0499. The molecule has 2 heterocycles. The topological polar surface area (TPSA) is 74.8 Å². The third kappa shape index (κ3) is 4.24. The van der Waals surface area contributed by atoms with Crippen molar-refractivity contribution in [3.8, 4) is 5.75 Å². The summed E-state index contributed by atoms with van der Waals surface area (Å²) >= 11 is 0. The van der Waals surface area contributed by atoms with Gasteiger partial charge in [-0.1, -0.05) is 45.0 Å². The number of benzene rings is 1. The lowest BCUT2D eigenvalue weighted by molar-refractivity contribution is -0.152. The highest BCUT2D eigenvalue weighted by atomic mass is 16.6. The highest BCUT2D eigenvalue weighted by Crippen LogP contribution is 2.27. The monoisotopic (exact) mass is 383 g/mol. The van der Waals surface area contributed by atoms with Crippen molar-refractivity contribution < 1.29 is 14.3 Å². The number of para-hydroxylation sites is 1. The number of aromatic nitrogens is 3. The van der Waals surface area contributed by atoms with Gasteiger partial charge < -0.3 is 9.47 Å². The molecule has 3 rings (SSSR count). The van der Waals surface area contributed by atoms with Gasteiger partial charge in [-0.15, -0.1) is 5.10 Å². The number of fused-ring (bicyclic) bond motifs is 1. The number of rotatable bonds is 8. The maximum absolute atomic E-state index is 12.4. The van der Waals surface area contributed by atoms with Crippen LogP contribution in [0, 0.1) is 0 Å². The van der Waals surface area contributed by atoms with Crippen molar-refractivity contribution in [3.05, 3.63) is 64.7 Å². The third-order valence-electron chi connectivity index (χ3n) is 4.48. The van der Waals surface area contributed by atoms with Crippen molar-refractivity contribution in [2.75, 3.05) is 6.61 Å². The standard InChI is InChI=1S/C21H25N3O4/c1-4-17(28-18-10-6-5-9-16(18)15(2)3)20(25)27-14-13-24-21(26)23-12-8-7-11-19(23)22-24/h5-12,15,17H,4,13-14H2,1-3H3. The molecule has 1 aromatic carbocycles. The highest BCUT2D eigenvalue weighted by Gasteiger charge is 2.22. The molecular formula is C21H25N3O4. The van der Waals surface area contributed by atoms with E-state index in [9.17, 15) is 9.59 Å². The smallest absolute Gasteiger partial charge is 0.350 e. The first-order valence-corrected chi connectivity index (χ1v) is 9.47. The first-order chi connectivity index (χ1) is 13.5. The second-order valence-corrected chi connectivity index (χ2v) is 6.81. The molecule has 1 atom stereocenters. The molecule has 0 saturated heterocycles. The molecule has 28 heavy (non-hydrogen) atoms. The largest absolute Gasteiger partial charge is 0.478 e. The first-order valence-electron chi connectivity index (χ1n) is 9.47. The van der Waals surface area contributed by atoms with Gasteiger partial charge in [-0.3, -0.25) is 4.40 Å². The van der Waals surface area contributed by atoms with Crippen LogP contribution in [0.15, 0.2) is 53.5 Å². The molecule has 0 radical (unpaired) electrons. The van der Waals surface area contributed by atoms with Gasteiger partial charge in [-0.25, -0.2) is 14.3 Å². The van der Waals surface area contributed by atoms with E-state index < -0.39 is 12.1 Å². The van der Waals surface area contributed by atoms with Gasteiger partial charge in [0, 0.05) is 6.20 Å². The Balaban J connectivity index is 1.61. The van der Waals surface area contributed by atoms with Crippen LogP contribution in [0.5, 0.6) is 5.75 Å². The fourth-order valence-corrected chi connectivity index (χ4v) is 2.96. The van der Waals surface area contributed by atoms with Gasteiger partial charge in [-0.2, -0.15) is 0 Å². The van der Waals surface area contributed by atoms with E-state index in [2.05, 4.69) is 18.9 Å². The van der Waals surface area contributed by atoms with E-state index >= 15 is 0 Å². The van der Waals surface area contributed by atoms with Crippen LogP contribution in [0.3, 0.4) is 0 Å². The molecule has 0 aliphatic rings. The number of nitrogens with zero attached hydrogens (tertiary/aromatic N) is 3. The van der Waals surface area contributed by atoms with Gasteiger partial charge in [-0.05, 0) is 36.1 Å². The van der Waals surface area contributed by atoms with E-state index in [4.69, 9.17) is 9.47 Å². The Bertz CT molecular complexity index is 1010. The molecule has 0 N–H and O–H groups in total. The first kappa shape index (κ1) is 19.7. The molecule has 7 heteroatoms. The van der Waals surface area contributed by atoms with Crippen LogP contribution in [-0.4, -0.2) is 32.9 Å². The average molecular weight is 383 g/mol. The van der Waals surface area contributed by atoms with E-state index in [-0.39, 0.29) is 24.8 Å². The number of esters is 1. The fourth-order valence-electron chi connectivity index (χ4n) is 2.96. The molecule has 0 aliphatic heterocycles. The summed E-state index contributed by atoms with van der Waals surface area (Å²) in [4.78, 5) is 24.7. The van der Waals surface area contributed by atoms with E-state index in [1.54, 1.807) is 18.3 Å². The maximum Gasteiger partial charge on any atom is 0.350 e. The molecule has 0 saturated carbocycles. The van der Waals surface area contributed by atoms with Crippen molar-refractivity contribution in [3.63, 3.8) is 0 Å². The molecular weight excluding hydrogens is 358 g/mol. The maximum atomic E-state index is 12.4. The summed E-state index contributed by atoms with van der Waals surface area (Å²) in [5.41, 5.74) is 1.34. The molecule has 0 bridgehead atoms. The second kappa shape index (κ2) is 8.73. The van der Waals surface area contributed by atoms with Crippen molar-refractivity contribution in [1.82, 2.24) is 14.2 Å². The average Bonchev–Trinajstić information content (AvgIpc) is 3.02. The summed E-state index contributed by atoms with van der Waals surface area (Å²) in [6, 6.07) is 13.0. The molecule has 3 aromatic rings. The van der Waals surface area contributed by atoms with E-state index in [1.807, 2.05) is 37.3 Å². The van der Waals surface area contributed by atoms with Crippen molar-refractivity contribution >= 4 is 11.6 Å². The third-order valence-corrected chi connectivity index (χ3v) is 4.48. The Hall–Kier alpha value is -3.09. The Morgan fingerprint density at radius 3 is 2.61 bits per heavy atom. The lowest BCUT2D eigenvalue weighted by Gasteiger charge is -2.20. The molecule has 1 unspecified atom stereocenters. The van der Waals surface area contributed by atoms with Gasteiger partial charge in [0.15, 0.2) is 11.8 Å². The molecule has 0 aliphatic carbocycles. The van der Waals surface area contributed by atoms with Crippen LogP contribution >= 0.6 is 0 Å². The van der Waals surface area contributed by atoms with E-state index in [0.717, 1.165) is 5.56 Å². The predicted molar refractivity (Wildman–Crippen MR) is 106 cm³/mol. The molecule has 7 nitrogen and oxygen atoms in total. The van der Waals surface area contributed by atoms with Crippen molar-refractivity contribution in [2.45, 2.75) is 45.8 Å². The zero-order chi connectivity index (χ0) is 20.1. The van der Waals surface area contributed by atoms with Crippen molar-refractivity contribution in [2.24, 2.45) is 0 Å². The number of ether oxygens (including phenoxy) is 2. The zero-order valence-electron chi connectivity index (χ0n) is 16.4. The highest BCUT2D eigenvalue weighted by molar-refractivity contribution is 5.75. The van der Waals surface area contributed by atoms with Crippen LogP contribution in [0.2, 0.25) is 0 Å². The van der Waals surface area contributed by atoms with Gasteiger partial charge in [0.1, 0.15) is 12.4 Å². The molecule has 0 spiro atoms. The Kier molecular flexibility index (Phi) is 6.13. The van der Waals surface area contributed by atoms with Gasteiger partial charge >= 0.3 is 11.7 Å². The van der Waals surface area contributed by atoms with Crippen molar-refractivity contribution in [1.29, 1.82) is 0 Å². The summed E-state index contributed by atoms with van der Waals surface area (Å²) < 4.78 is 14.0. The molecule has 148 valence electrons. The lowest BCUT2D eigenvalue weighted by atomic mass is 10.0. The molecule has 2 aromatic heterocycles. The SMILES string of the molecule is CCC(Oc1ccccc1C(C)C)C(=O)OCCn1nc2ccccn2c1=O. The summed E-state index contributed by atoms with van der Waals surface area (Å²) in [6.07, 6.45) is 1.44. The van der Waals surface area contributed by atoms with Gasteiger partial charge in [0.2, 0.25) is 0 Å². The van der Waals surface area contributed by atoms with E-state index in [0.29, 0.717) is 17.8 Å². The quantitative estimate of drug-likeness (QED) is 0.559. The number of hydrogen-bond donors (Lipinski definition) is 0. The van der Waals surface area contributed by atoms with Crippen LogP contribution in [0.4, 0.5) is 0 Å². The number of pyridine rings is 1. The number of carbonyl (C=O) groups is 1. The molecule has 0 amide bonds. The Morgan fingerprint density at radius 1 is 1.14 bits per heavy atom. The minimum Gasteiger partial charge on any atom is -0.478 e. The Morgan fingerprint density at radius 2 is 1.89 bits per heavy atom. The van der Waals surface area contributed by atoms with E-state index in [1.165, 1.54) is 9.08 Å². The summed E-state index contributed by atoms with van der Waals surface area (Å²) in [7, 11) is 0. The summed E-state index contributed by atoms with van der Waals surface area (Å²) in [5, 5.41) is 4.22. The van der Waals surface area contributed by atoms with Crippen LogP contribution < -0.4 is 10.4 Å². The van der Waals surface area contributed by atoms with Crippen LogP contribution in [0.25, 0.3) is 5.65 Å². The summed E-state index contributed by atoms with van der Waals surface area (Å²) in [5.74, 6) is 0.530. The van der Waals surface area contributed by atoms with Gasteiger partial charge in [0.25, 0.3) is 0 Å². The normalized spacial score (nSPS) is 12.3. The molecule has 0 fully saturated rings. The van der Waals surface area contributed by atoms with Crippen LogP contribution in [-0.2, 0) is 16.1 Å². The number of carbonyl (C=O) groups excluding carboxylic acids is 1. The summed E-state index contributed by atoms with van der Waals surface area (Å²) in [6.45, 7) is 6.26. The van der Waals surface area contributed by atoms with Gasteiger partial charge in [0.05, 0.1) is 6.54 Å². The van der Waals surface area contributed by atoms with Crippen LogP contribution in [0.1, 0.15) is 38.7 Å². The predicted octanol–water partition coefficient (Wildman–Crippen LogP) is 3.02. The fraction of sp³-hybridized carbons (Fsp3) is 0.381.